The van der Waals surface area contributed by atoms with Crippen molar-refractivity contribution in [1.29, 1.82) is 0 Å². The van der Waals surface area contributed by atoms with Crippen LogP contribution in [0.4, 0.5) is 11.4 Å². The lowest BCUT2D eigenvalue weighted by Gasteiger charge is -2.20. The number of amides is 2. The third-order valence-electron chi connectivity index (χ3n) is 3.45. The van der Waals surface area contributed by atoms with Crippen LogP contribution >= 0.6 is 11.8 Å². The zero-order chi connectivity index (χ0) is 17.4. The maximum atomic E-state index is 12.3. The number of hydrogen-bond donors (Lipinski definition) is 1. The Labute approximate surface area is 147 Å². The van der Waals surface area contributed by atoms with E-state index in [2.05, 4.69) is 5.32 Å². The van der Waals surface area contributed by atoms with E-state index in [1.807, 2.05) is 68.4 Å². The number of benzene rings is 2. The first-order valence-corrected chi connectivity index (χ1v) is 9.05. The van der Waals surface area contributed by atoms with E-state index in [1.165, 1.54) is 11.8 Å². The Hall–Kier alpha value is -2.27. The standard InChI is InChI=1S/C19H22N2O2S/c1-3-21(17-10-5-4-6-11-17)19(23)14-24-13-18(22)20-16-9-7-8-15(2)12-16/h4-12H,3,13-14H2,1-2H3,(H,20,22). The van der Waals surface area contributed by atoms with Gasteiger partial charge in [-0.2, -0.15) is 0 Å². The summed E-state index contributed by atoms with van der Waals surface area (Å²) < 4.78 is 0. The number of anilines is 2. The SMILES string of the molecule is CCN(C(=O)CSCC(=O)Nc1cccc(C)c1)c1ccccc1. The third kappa shape index (κ3) is 5.42. The summed E-state index contributed by atoms with van der Waals surface area (Å²) in [5.74, 6) is 0.453. The van der Waals surface area contributed by atoms with E-state index in [0.29, 0.717) is 6.54 Å². The topological polar surface area (TPSA) is 49.4 Å². The molecule has 2 aromatic rings. The molecule has 5 heteroatoms. The smallest absolute Gasteiger partial charge is 0.236 e. The van der Waals surface area contributed by atoms with E-state index < -0.39 is 0 Å². The minimum atomic E-state index is -0.0961. The first-order chi connectivity index (χ1) is 11.6. The van der Waals surface area contributed by atoms with E-state index in [-0.39, 0.29) is 23.3 Å². The number of carbonyl (C=O) groups excluding carboxylic acids is 2. The highest BCUT2D eigenvalue weighted by molar-refractivity contribution is 8.00. The van der Waals surface area contributed by atoms with Crippen LogP contribution in [-0.4, -0.2) is 29.9 Å². The molecule has 2 rings (SSSR count). The van der Waals surface area contributed by atoms with Crippen LogP contribution < -0.4 is 10.2 Å². The van der Waals surface area contributed by atoms with E-state index in [0.717, 1.165) is 16.9 Å². The highest BCUT2D eigenvalue weighted by atomic mass is 32.2. The summed E-state index contributed by atoms with van der Waals surface area (Å²) in [7, 11) is 0. The molecule has 0 radical (unpaired) electrons. The van der Waals surface area contributed by atoms with Gasteiger partial charge >= 0.3 is 0 Å². The Morgan fingerprint density at radius 3 is 2.46 bits per heavy atom. The highest BCUT2D eigenvalue weighted by Gasteiger charge is 2.14. The zero-order valence-electron chi connectivity index (χ0n) is 14.0. The Kier molecular flexibility index (Phi) is 6.88. The van der Waals surface area contributed by atoms with Crippen molar-refractivity contribution >= 4 is 35.0 Å². The van der Waals surface area contributed by atoms with Crippen molar-refractivity contribution < 1.29 is 9.59 Å². The van der Waals surface area contributed by atoms with Gasteiger partial charge < -0.3 is 10.2 Å². The molecular formula is C19H22N2O2S. The largest absolute Gasteiger partial charge is 0.325 e. The number of nitrogens with one attached hydrogen (secondary N) is 1. The zero-order valence-corrected chi connectivity index (χ0v) is 14.8. The molecule has 0 saturated heterocycles. The normalized spacial score (nSPS) is 10.2. The van der Waals surface area contributed by atoms with Crippen LogP contribution in [0.25, 0.3) is 0 Å². The summed E-state index contributed by atoms with van der Waals surface area (Å²) in [6.07, 6.45) is 0. The summed E-state index contributed by atoms with van der Waals surface area (Å²) in [6, 6.07) is 17.2. The quantitative estimate of drug-likeness (QED) is 0.834. The van der Waals surface area contributed by atoms with Crippen molar-refractivity contribution in [2.75, 3.05) is 28.3 Å². The van der Waals surface area contributed by atoms with Gasteiger partial charge in [-0.25, -0.2) is 0 Å². The van der Waals surface area contributed by atoms with Crippen molar-refractivity contribution in [2.24, 2.45) is 0 Å². The summed E-state index contributed by atoms with van der Waals surface area (Å²) in [6.45, 7) is 4.53. The monoisotopic (exact) mass is 342 g/mol. The Bertz CT molecular complexity index is 689. The second kappa shape index (κ2) is 9.13. The molecule has 0 fully saturated rings. The molecule has 0 aromatic heterocycles. The van der Waals surface area contributed by atoms with E-state index in [9.17, 15) is 9.59 Å². The summed E-state index contributed by atoms with van der Waals surface area (Å²) in [4.78, 5) is 26.0. The lowest BCUT2D eigenvalue weighted by atomic mass is 10.2. The number of nitrogens with zero attached hydrogens (tertiary/aromatic N) is 1. The molecule has 0 saturated carbocycles. The van der Waals surface area contributed by atoms with Gasteiger partial charge in [0, 0.05) is 17.9 Å². The molecule has 0 spiro atoms. The summed E-state index contributed by atoms with van der Waals surface area (Å²) in [5.41, 5.74) is 2.76. The van der Waals surface area contributed by atoms with Crippen LogP contribution in [0.15, 0.2) is 54.6 Å². The van der Waals surface area contributed by atoms with Crippen LogP contribution in [0.3, 0.4) is 0 Å². The number of thioether (sulfide) groups is 1. The molecule has 4 nitrogen and oxygen atoms in total. The second-order valence-corrected chi connectivity index (χ2v) is 6.37. The van der Waals surface area contributed by atoms with Gasteiger partial charge in [0.25, 0.3) is 0 Å². The predicted octanol–water partition coefficient (Wildman–Crippen LogP) is 3.72. The van der Waals surface area contributed by atoms with Gasteiger partial charge in [0.15, 0.2) is 0 Å². The van der Waals surface area contributed by atoms with Crippen LogP contribution in [-0.2, 0) is 9.59 Å². The molecule has 0 atom stereocenters. The molecule has 0 heterocycles. The molecule has 2 aromatic carbocycles. The summed E-state index contributed by atoms with van der Waals surface area (Å²) in [5, 5.41) is 2.85. The lowest BCUT2D eigenvalue weighted by Crippen LogP contribution is -2.32. The third-order valence-corrected chi connectivity index (χ3v) is 4.36. The van der Waals surface area contributed by atoms with E-state index in [1.54, 1.807) is 4.90 Å². The fourth-order valence-corrected chi connectivity index (χ4v) is 3.03. The van der Waals surface area contributed by atoms with Crippen LogP contribution in [0.2, 0.25) is 0 Å². The fourth-order valence-electron chi connectivity index (χ4n) is 2.34. The van der Waals surface area contributed by atoms with Gasteiger partial charge in [-0.3, -0.25) is 9.59 Å². The highest BCUT2D eigenvalue weighted by Crippen LogP contribution is 2.15. The van der Waals surface area contributed by atoms with Crippen molar-refractivity contribution in [3.05, 3.63) is 60.2 Å². The Morgan fingerprint density at radius 1 is 1.04 bits per heavy atom. The molecule has 1 N–H and O–H groups in total. The van der Waals surface area contributed by atoms with Crippen molar-refractivity contribution in [2.45, 2.75) is 13.8 Å². The molecule has 0 bridgehead atoms. The number of aryl methyl sites for hydroxylation is 1. The first kappa shape index (κ1) is 18.1. The fraction of sp³-hybridized carbons (Fsp3) is 0.263. The van der Waals surface area contributed by atoms with Crippen molar-refractivity contribution in [1.82, 2.24) is 0 Å². The first-order valence-electron chi connectivity index (χ1n) is 7.90. The van der Waals surface area contributed by atoms with E-state index >= 15 is 0 Å². The van der Waals surface area contributed by atoms with Crippen molar-refractivity contribution in [3.8, 4) is 0 Å². The molecule has 126 valence electrons. The molecule has 0 aliphatic carbocycles. The minimum absolute atomic E-state index is 0.0112. The van der Waals surface area contributed by atoms with Crippen LogP contribution in [0.1, 0.15) is 12.5 Å². The molecule has 24 heavy (non-hydrogen) atoms. The number of rotatable bonds is 7. The summed E-state index contributed by atoms with van der Waals surface area (Å²) >= 11 is 1.33. The van der Waals surface area contributed by atoms with Crippen molar-refractivity contribution in [3.63, 3.8) is 0 Å². The molecular weight excluding hydrogens is 320 g/mol. The van der Waals surface area contributed by atoms with Gasteiger partial charge in [0.05, 0.1) is 11.5 Å². The predicted molar refractivity (Wildman–Crippen MR) is 102 cm³/mol. The number of carbonyl (C=O) groups is 2. The van der Waals surface area contributed by atoms with Gasteiger partial charge in [-0.05, 0) is 43.7 Å². The average molecular weight is 342 g/mol. The Morgan fingerprint density at radius 2 is 1.79 bits per heavy atom. The van der Waals surface area contributed by atoms with Gasteiger partial charge in [0.1, 0.15) is 0 Å². The molecule has 0 aliphatic rings. The maximum absolute atomic E-state index is 12.3. The van der Waals surface area contributed by atoms with Gasteiger partial charge in [0.2, 0.25) is 11.8 Å². The minimum Gasteiger partial charge on any atom is -0.325 e. The average Bonchev–Trinajstić information content (AvgIpc) is 2.56. The molecule has 0 unspecified atom stereocenters. The number of para-hydroxylation sites is 1. The number of hydrogen-bond acceptors (Lipinski definition) is 3. The molecule has 2 amide bonds. The van der Waals surface area contributed by atoms with E-state index in [4.69, 9.17) is 0 Å². The van der Waals surface area contributed by atoms with Crippen LogP contribution in [0, 0.1) is 6.92 Å². The van der Waals surface area contributed by atoms with Crippen LogP contribution in [0.5, 0.6) is 0 Å². The maximum Gasteiger partial charge on any atom is 0.236 e. The Balaban J connectivity index is 1.80. The van der Waals surface area contributed by atoms with Gasteiger partial charge in [-0.1, -0.05) is 30.3 Å². The second-order valence-electron chi connectivity index (χ2n) is 5.38. The lowest BCUT2D eigenvalue weighted by molar-refractivity contribution is -0.116. The molecule has 0 aliphatic heterocycles. The van der Waals surface area contributed by atoms with Gasteiger partial charge in [-0.15, -0.1) is 11.8 Å².